The Balaban J connectivity index is 1.82. The van der Waals surface area contributed by atoms with E-state index in [4.69, 9.17) is 4.74 Å². The van der Waals surface area contributed by atoms with Crippen LogP contribution in [0.5, 0.6) is 5.75 Å². The summed E-state index contributed by atoms with van der Waals surface area (Å²) in [6.45, 7) is 1.94. The van der Waals surface area contributed by atoms with Gasteiger partial charge < -0.3 is 15.2 Å². The van der Waals surface area contributed by atoms with Gasteiger partial charge in [-0.15, -0.1) is 0 Å². The highest BCUT2D eigenvalue weighted by Gasteiger charge is 2.54. The number of rotatable bonds is 4. The molecule has 1 amide bonds. The molecular formula is C17H21NO4. The lowest BCUT2D eigenvalue weighted by Gasteiger charge is -2.27. The molecular weight excluding hydrogens is 282 g/mol. The summed E-state index contributed by atoms with van der Waals surface area (Å²) in [6.07, 6.45) is 2.75. The molecule has 3 rings (SSSR count). The molecule has 0 aliphatic heterocycles. The number of hydrogen-bond donors (Lipinski definition) is 2. The molecule has 5 nitrogen and oxygen atoms in total. The van der Waals surface area contributed by atoms with Crippen molar-refractivity contribution >= 4 is 17.6 Å². The number of amides is 1. The van der Waals surface area contributed by atoms with Gasteiger partial charge in [0.15, 0.2) is 0 Å². The van der Waals surface area contributed by atoms with Gasteiger partial charge in [0.1, 0.15) is 5.75 Å². The van der Waals surface area contributed by atoms with Crippen molar-refractivity contribution in [3.05, 3.63) is 23.8 Å². The van der Waals surface area contributed by atoms with E-state index in [1.807, 2.05) is 19.1 Å². The second-order valence-electron chi connectivity index (χ2n) is 6.42. The third kappa shape index (κ3) is 2.45. The van der Waals surface area contributed by atoms with Crippen molar-refractivity contribution in [2.45, 2.75) is 26.2 Å². The fraction of sp³-hybridized carbons (Fsp3) is 0.529. The maximum atomic E-state index is 12.7. The third-order valence-electron chi connectivity index (χ3n) is 5.12. The number of carboxylic acid groups (broad SMARTS) is 1. The highest BCUT2D eigenvalue weighted by molar-refractivity contribution is 5.97. The first-order chi connectivity index (χ1) is 10.5. The summed E-state index contributed by atoms with van der Waals surface area (Å²) in [6, 6.07) is 5.56. The van der Waals surface area contributed by atoms with E-state index in [9.17, 15) is 14.7 Å². The quantitative estimate of drug-likeness (QED) is 0.896. The van der Waals surface area contributed by atoms with Crippen molar-refractivity contribution in [2.24, 2.45) is 23.7 Å². The van der Waals surface area contributed by atoms with Crippen molar-refractivity contribution in [2.75, 3.05) is 12.4 Å². The molecule has 0 saturated heterocycles. The Morgan fingerprint density at radius 2 is 1.91 bits per heavy atom. The van der Waals surface area contributed by atoms with Crippen LogP contribution in [0, 0.1) is 30.6 Å². The second kappa shape index (κ2) is 5.63. The van der Waals surface area contributed by atoms with Crippen molar-refractivity contribution in [3.63, 3.8) is 0 Å². The summed E-state index contributed by atoms with van der Waals surface area (Å²) < 4.78 is 5.27. The Hall–Kier alpha value is -2.04. The Morgan fingerprint density at radius 1 is 1.23 bits per heavy atom. The molecule has 0 aromatic heterocycles. The van der Waals surface area contributed by atoms with Gasteiger partial charge in [0.2, 0.25) is 5.91 Å². The zero-order valence-corrected chi connectivity index (χ0v) is 12.8. The number of anilines is 1. The molecule has 2 N–H and O–H groups in total. The largest absolute Gasteiger partial charge is 0.495 e. The van der Waals surface area contributed by atoms with Gasteiger partial charge in [-0.25, -0.2) is 0 Å². The lowest BCUT2D eigenvalue weighted by molar-refractivity contribution is -0.148. The molecule has 2 aliphatic carbocycles. The standard InChI is InChI=1S/C17H21NO4/c1-9-3-6-13(22-2)12(7-9)18-16(19)14-10-4-5-11(8-10)15(14)17(20)21/h3,6-7,10-11,14-15H,4-5,8H2,1-2H3,(H,18,19)(H,20,21)/t10-,11-,14-,15+/m0/s1. The molecule has 0 radical (unpaired) electrons. The average Bonchev–Trinajstić information content (AvgIpc) is 3.08. The molecule has 0 spiro atoms. The minimum absolute atomic E-state index is 0.151. The summed E-state index contributed by atoms with van der Waals surface area (Å²) in [5, 5.41) is 12.3. The highest BCUT2D eigenvalue weighted by Crippen LogP contribution is 2.52. The minimum Gasteiger partial charge on any atom is -0.495 e. The van der Waals surface area contributed by atoms with E-state index in [1.165, 1.54) is 0 Å². The van der Waals surface area contributed by atoms with E-state index in [1.54, 1.807) is 13.2 Å². The fourth-order valence-electron chi connectivity index (χ4n) is 4.16. The number of aryl methyl sites for hydroxylation is 1. The number of methoxy groups -OCH3 is 1. The number of ether oxygens (including phenoxy) is 1. The van der Waals surface area contributed by atoms with Crippen LogP contribution in [0.2, 0.25) is 0 Å². The fourth-order valence-corrected chi connectivity index (χ4v) is 4.16. The Bertz CT molecular complexity index is 613. The Morgan fingerprint density at radius 3 is 2.55 bits per heavy atom. The zero-order chi connectivity index (χ0) is 15.9. The molecule has 118 valence electrons. The van der Waals surface area contributed by atoms with Crippen LogP contribution in [-0.4, -0.2) is 24.1 Å². The number of aliphatic carboxylic acids is 1. The van der Waals surface area contributed by atoms with Crippen LogP contribution in [0.1, 0.15) is 24.8 Å². The Kier molecular flexibility index (Phi) is 3.81. The lowest BCUT2D eigenvalue weighted by atomic mass is 9.78. The predicted octanol–water partition coefficient (Wildman–Crippen LogP) is 2.69. The van der Waals surface area contributed by atoms with E-state index in [-0.39, 0.29) is 17.7 Å². The molecule has 5 heteroatoms. The molecule has 0 unspecified atom stereocenters. The van der Waals surface area contributed by atoms with Crippen LogP contribution in [0.15, 0.2) is 18.2 Å². The summed E-state index contributed by atoms with van der Waals surface area (Å²) in [7, 11) is 1.55. The second-order valence-corrected chi connectivity index (χ2v) is 6.42. The van der Waals surface area contributed by atoms with Crippen molar-refractivity contribution in [3.8, 4) is 5.75 Å². The predicted molar refractivity (Wildman–Crippen MR) is 81.8 cm³/mol. The third-order valence-corrected chi connectivity index (χ3v) is 5.12. The van der Waals surface area contributed by atoms with Crippen LogP contribution in [0.4, 0.5) is 5.69 Å². The summed E-state index contributed by atoms with van der Waals surface area (Å²) in [5.74, 6) is -1.07. The monoisotopic (exact) mass is 303 g/mol. The molecule has 2 bridgehead atoms. The average molecular weight is 303 g/mol. The summed E-state index contributed by atoms with van der Waals surface area (Å²) in [4.78, 5) is 24.2. The van der Waals surface area contributed by atoms with Gasteiger partial charge in [0.25, 0.3) is 0 Å². The number of fused-ring (bicyclic) bond motifs is 2. The van der Waals surface area contributed by atoms with Crippen LogP contribution in [0.25, 0.3) is 0 Å². The van der Waals surface area contributed by atoms with Gasteiger partial charge >= 0.3 is 5.97 Å². The van der Waals surface area contributed by atoms with Gasteiger partial charge in [-0.05, 0) is 55.7 Å². The smallest absolute Gasteiger partial charge is 0.307 e. The van der Waals surface area contributed by atoms with Crippen molar-refractivity contribution in [1.29, 1.82) is 0 Å². The molecule has 2 saturated carbocycles. The van der Waals surface area contributed by atoms with E-state index < -0.39 is 17.8 Å². The summed E-state index contributed by atoms with van der Waals surface area (Å²) in [5.41, 5.74) is 1.62. The van der Waals surface area contributed by atoms with Crippen molar-refractivity contribution in [1.82, 2.24) is 0 Å². The van der Waals surface area contributed by atoms with Gasteiger partial charge in [0.05, 0.1) is 24.6 Å². The summed E-state index contributed by atoms with van der Waals surface area (Å²) >= 11 is 0. The topological polar surface area (TPSA) is 75.6 Å². The van der Waals surface area contributed by atoms with E-state index in [0.717, 1.165) is 24.8 Å². The van der Waals surface area contributed by atoms with Gasteiger partial charge in [0, 0.05) is 0 Å². The molecule has 2 fully saturated rings. The van der Waals surface area contributed by atoms with Gasteiger partial charge in [-0.3, -0.25) is 9.59 Å². The minimum atomic E-state index is -0.844. The number of carbonyl (C=O) groups excluding carboxylic acids is 1. The zero-order valence-electron chi connectivity index (χ0n) is 12.8. The normalized spacial score (nSPS) is 29.4. The molecule has 4 atom stereocenters. The molecule has 0 heterocycles. The van der Waals surface area contributed by atoms with Crippen LogP contribution < -0.4 is 10.1 Å². The molecule has 1 aromatic carbocycles. The van der Waals surface area contributed by atoms with Crippen LogP contribution in [0.3, 0.4) is 0 Å². The first-order valence-corrected chi connectivity index (χ1v) is 7.69. The van der Waals surface area contributed by atoms with E-state index >= 15 is 0 Å². The number of benzene rings is 1. The number of carbonyl (C=O) groups is 2. The maximum Gasteiger partial charge on any atom is 0.307 e. The molecule has 1 aromatic rings. The number of carboxylic acids is 1. The van der Waals surface area contributed by atoms with Crippen LogP contribution in [-0.2, 0) is 9.59 Å². The molecule has 2 aliphatic rings. The Labute approximate surface area is 129 Å². The maximum absolute atomic E-state index is 12.7. The van der Waals surface area contributed by atoms with Gasteiger partial charge in [-0.1, -0.05) is 6.07 Å². The highest BCUT2D eigenvalue weighted by atomic mass is 16.5. The molecule has 22 heavy (non-hydrogen) atoms. The first-order valence-electron chi connectivity index (χ1n) is 7.69. The number of nitrogens with one attached hydrogen (secondary N) is 1. The number of hydrogen-bond acceptors (Lipinski definition) is 3. The lowest BCUT2D eigenvalue weighted by Crippen LogP contribution is -2.37. The van der Waals surface area contributed by atoms with Crippen molar-refractivity contribution < 1.29 is 19.4 Å². The van der Waals surface area contributed by atoms with Gasteiger partial charge in [-0.2, -0.15) is 0 Å². The first kappa shape index (κ1) is 14.9. The SMILES string of the molecule is COc1ccc(C)cc1NC(=O)[C@H]1[C@H]2CC[C@@H](C2)[C@H]1C(=O)O. The van der Waals surface area contributed by atoms with Crippen LogP contribution >= 0.6 is 0 Å². The van der Waals surface area contributed by atoms with E-state index in [2.05, 4.69) is 5.32 Å². The van der Waals surface area contributed by atoms with E-state index in [0.29, 0.717) is 11.4 Å².